The van der Waals surface area contributed by atoms with E-state index in [2.05, 4.69) is 5.32 Å². The normalized spacial score (nSPS) is 13.7. The maximum atomic E-state index is 11.9. The Hall–Kier alpha value is -1.88. The molecule has 0 fully saturated rings. The molecule has 0 saturated carbocycles. The molecule has 2 rings (SSSR count). The van der Waals surface area contributed by atoms with Crippen LogP contribution in [-0.2, 0) is 16.0 Å². The molecule has 0 atom stereocenters. The highest BCUT2D eigenvalue weighted by atomic mass is 16.2. The van der Waals surface area contributed by atoms with Gasteiger partial charge in [-0.05, 0) is 43.1 Å². The SMILES string of the molecule is CN(C(=O)CCCN)c1ccc2c(c1)CCC(=O)N2. The number of hydrogen-bond donors (Lipinski definition) is 2. The third-order valence-electron chi connectivity index (χ3n) is 3.34. The molecule has 0 aromatic heterocycles. The standard InChI is InChI=1S/C14H19N3O2/c1-17(14(19)3-2-8-15)11-5-6-12-10(9-11)4-7-13(18)16-12/h5-6,9H,2-4,7-8,15H2,1H3,(H,16,18). The lowest BCUT2D eigenvalue weighted by molar-refractivity contribution is -0.118. The predicted octanol–water partition coefficient (Wildman–Crippen LogP) is 1.27. The number of hydrogen-bond acceptors (Lipinski definition) is 3. The van der Waals surface area contributed by atoms with Crippen molar-refractivity contribution in [3.63, 3.8) is 0 Å². The Balaban J connectivity index is 2.13. The van der Waals surface area contributed by atoms with E-state index in [1.807, 2.05) is 18.2 Å². The van der Waals surface area contributed by atoms with Crippen LogP contribution in [0.2, 0.25) is 0 Å². The van der Waals surface area contributed by atoms with E-state index in [-0.39, 0.29) is 11.8 Å². The summed E-state index contributed by atoms with van der Waals surface area (Å²) in [6.07, 6.45) is 2.38. The second-order valence-electron chi connectivity index (χ2n) is 4.73. The van der Waals surface area contributed by atoms with Gasteiger partial charge in [0.05, 0.1) is 0 Å². The topological polar surface area (TPSA) is 75.4 Å². The van der Waals surface area contributed by atoms with Gasteiger partial charge in [0, 0.05) is 31.3 Å². The average Bonchev–Trinajstić information content (AvgIpc) is 2.43. The van der Waals surface area contributed by atoms with E-state index >= 15 is 0 Å². The van der Waals surface area contributed by atoms with Gasteiger partial charge in [0.1, 0.15) is 0 Å². The lowest BCUT2D eigenvalue weighted by atomic mass is 10.0. The summed E-state index contributed by atoms with van der Waals surface area (Å²) in [6.45, 7) is 0.524. The summed E-state index contributed by atoms with van der Waals surface area (Å²) in [7, 11) is 1.77. The maximum Gasteiger partial charge on any atom is 0.226 e. The number of rotatable bonds is 4. The van der Waals surface area contributed by atoms with Gasteiger partial charge in [0.2, 0.25) is 11.8 Å². The quantitative estimate of drug-likeness (QED) is 0.857. The third-order valence-corrected chi connectivity index (χ3v) is 3.34. The van der Waals surface area contributed by atoms with Gasteiger partial charge < -0.3 is 16.0 Å². The summed E-state index contributed by atoms with van der Waals surface area (Å²) >= 11 is 0. The molecule has 0 aliphatic carbocycles. The lowest BCUT2D eigenvalue weighted by Crippen LogP contribution is -2.27. The fraction of sp³-hybridized carbons (Fsp3) is 0.429. The van der Waals surface area contributed by atoms with Crippen LogP contribution in [0.15, 0.2) is 18.2 Å². The highest BCUT2D eigenvalue weighted by Crippen LogP contribution is 2.27. The molecule has 0 spiro atoms. The first-order valence-corrected chi connectivity index (χ1v) is 6.51. The second-order valence-corrected chi connectivity index (χ2v) is 4.73. The number of fused-ring (bicyclic) bond motifs is 1. The summed E-state index contributed by atoms with van der Waals surface area (Å²) in [5.74, 6) is 0.109. The molecule has 1 aliphatic heterocycles. The van der Waals surface area contributed by atoms with Crippen molar-refractivity contribution in [2.24, 2.45) is 5.73 Å². The first-order chi connectivity index (χ1) is 9.11. The monoisotopic (exact) mass is 261 g/mol. The zero-order valence-corrected chi connectivity index (χ0v) is 11.1. The molecule has 102 valence electrons. The van der Waals surface area contributed by atoms with Crippen molar-refractivity contribution in [2.45, 2.75) is 25.7 Å². The van der Waals surface area contributed by atoms with E-state index in [0.29, 0.717) is 25.8 Å². The molecule has 19 heavy (non-hydrogen) atoms. The molecule has 5 heteroatoms. The molecule has 1 aliphatic rings. The second kappa shape index (κ2) is 5.84. The Morgan fingerprint density at radius 1 is 1.42 bits per heavy atom. The first-order valence-electron chi connectivity index (χ1n) is 6.51. The Labute approximate surface area is 112 Å². The molecule has 0 radical (unpaired) electrons. The number of benzene rings is 1. The van der Waals surface area contributed by atoms with Crippen molar-refractivity contribution < 1.29 is 9.59 Å². The minimum absolute atomic E-state index is 0.0487. The molecule has 3 N–H and O–H groups in total. The van der Waals surface area contributed by atoms with E-state index in [0.717, 1.165) is 23.4 Å². The third kappa shape index (κ3) is 3.12. The number of nitrogens with one attached hydrogen (secondary N) is 1. The van der Waals surface area contributed by atoms with E-state index in [4.69, 9.17) is 5.73 Å². The van der Waals surface area contributed by atoms with E-state index in [9.17, 15) is 9.59 Å². The van der Waals surface area contributed by atoms with E-state index in [1.165, 1.54) is 0 Å². The van der Waals surface area contributed by atoms with Gasteiger partial charge in [0.25, 0.3) is 0 Å². The highest BCUT2D eigenvalue weighted by Gasteiger charge is 2.17. The smallest absolute Gasteiger partial charge is 0.226 e. The lowest BCUT2D eigenvalue weighted by Gasteiger charge is -2.22. The van der Waals surface area contributed by atoms with Crippen LogP contribution in [0.5, 0.6) is 0 Å². The van der Waals surface area contributed by atoms with Crippen LogP contribution in [0.25, 0.3) is 0 Å². The van der Waals surface area contributed by atoms with Crippen molar-refractivity contribution in [3.05, 3.63) is 23.8 Å². The Morgan fingerprint density at radius 2 is 2.21 bits per heavy atom. The van der Waals surface area contributed by atoms with Crippen LogP contribution < -0.4 is 16.0 Å². The number of nitrogens with two attached hydrogens (primary N) is 1. The van der Waals surface area contributed by atoms with Gasteiger partial charge in [-0.2, -0.15) is 0 Å². The molecule has 1 heterocycles. The zero-order valence-electron chi connectivity index (χ0n) is 11.1. The van der Waals surface area contributed by atoms with Gasteiger partial charge in [-0.15, -0.1) is 0 Å². The Bertz CT molecular complexity index is 499. The Kier molecular flexibility index (Phi) is 4.16. The van der Waals surface area contributed by atoms with Crippen LogP contribution in [0.1, 0.15) is 24.8 Å². The van der Waals surface area contributed by atoms with Crippen LogP contribution >= 0.6 is 0 Å². The van der Waals surface area contributed by atoms with Crippen molar-refractivity contribution in [1.29, 1.82) is 0 Å². The number of amides is 2. The van der Waals surface area contributed by atoms with E-state index in [1.54, 1.807) is 11.9 Å². The summed E-state index contributed by atoms with van der Waals surface area (Å²) in [5.41, 5.74) is 8.20. The van der Waals surface area contributed by atoms with Crippen LogP contribution in [-0.4, -0.2) is 25.4 Å². The summed E-state index contributed by atoms with van der Waals surface area (Å²) in [5, 5.41) is 2.83. The number of carbonyl (C=O) groups is 2. The molecule has 1 aromatic rings. The molecule has 0 bridgehead atoms. The maximum absolute atomic E-state index is 11.9. The Morgan fingerprint density at radius 3 is 2.95 bits per heavy atom. The molecule has 0 saturated heterocycles. The van der Waals surface area contributed by atoms with Gasteiger partial charge in [-0.3, -0.25) is 9.59 Å². The average molecular weight is 261 g/mol. The molecule has 2 amide bonds. The molecule has 1 aromatic carbocycles. The van der Waals surface area contributed by atoms with Crippen LogP contribution in [0.3, 0.4) is 0 Å². The van der Waals surface area contributed by atoms with E-state index < -0.39 is 0 Å². The molecule has 5 nitrogen and oxygen atoms in total. The number of nitrogens with zero attached hydrogens (tertiary/aromatic N) is 1. The van der Waals surface area contributed by atoms with Gasteiger partial charge in [-0.1, -0.05) is 0 Å². The van der Waals surface area contributed by atoms with Crippen molar-refractivity contribution in [3.8, 4) is 0 Å². The van der Waals surface area contributed by atoms with Gasteiger partial charge in [0.15, 0.2) is 0 Å². The van der Waals surface area contributed by atoms with Crippen molar-refractivity contribution in [2.75, 3.05) is 23.8 Å². The highest BCUT2D eigenvalue weighted by molar-refractivity contribution is 5.96. The largest absolute Gasteiger partial charge is 0.330 e. The predicted molar refractivity (Wildman–Crippen MR) is 75.1 cm³/mol. The zero-order chi connectivity index (χ0) is 13.8. The van der Waals surface area contributed by atoms with Gasteiger partial charge >= 0.3 is 0 Å². The fourth-order valence-corrected chi connectivity index (χ4v) is 2.14. The van der Waals surface area contributed by atoms with Crippen molar-refractivity contribution >= 4 is 23.2 Å². The number of aryl methyl sites for hydroxylation is 1. The van der Waals surface area contributed by atoms with Crippen LogP contribution in [0.4, 0.5) is 11.4 Å². The van der Waals surface area contributed by atoms with Crippen molar-refractivity contribution in [1.82, 2.24) is 0 Å². The summed E-state index contributed by atoms with van der Waals surface area (Å²) in [6, 6.07) is 5.67. The fourth-order valence-electron chi connectivity index (χ4n) is 2.14. The molecular formula is C14H19N3O2. The first kappa shape index (κ1) is 13.5. The minimum Gasteiger partial charge on any atom is -0.330 e. The van der Waals surface area contributed by atoms with Gasteiger partial charge in [-0.25, -0.2) is 0 Å². The number of carbonyl (C=O) groups excluding carboxylic acids is 2. The summed E-state index contributed by atoms with van der Waals surface area (Å²) < 4.78 is 0. The molecular weight excluding hydrogens is 242 g/mol. The van der Waals surface area contributed by atoms with Crippen LogP contribution in [0, 0.1) is 0 Å². The number of anilines is 2. The summed E-state index contributed by atoms with van der Waals surface area (Å²) in [4.78, 5) is 24.9. The molecule has 0 unspecified atom stereocenters. The minimum atomic E-state index is 0.0487.